The summed E-state index contributed by atoms with van der Waals surface area (Å²) in [4.78, 5) is 7.37. The Balaban J connectivity index is 1.25. The van der Waals surface area contributed by atoms with Crippen LogP contribution in [-0.2, 0) is 25.8 Å². The van der Waals surface area contributed by atoms with E-state index in [0.717, 1.165) is 42.9 Å². The topological polar surface area (TPSA) is 25.4 Å². The highest BCUT2D eigenvalue weighted by atomic mass is 19.1. The summed E-state index contributed by atoms with van der Waals surface area (Å²) in [5, 5.41) is 0. The molecular weight excluding hydrogens is 399 g/mol. The first-order valence-electron chi connectivity index (χ1n) is 11.8. The van der Waals surface area contributed by atoms with Crippen molar-refractivity contribution in [2.45, 2.75) is 51.0 Å². The molecule has 32 heavy (non-hydrogen) atoms. The minimum atomic E-state index is -0.193. The Labute approximate surface area is 190 Å². The number of rotatable bonds is 6. The number of ether oxygens (including phenoxy) is 1. The zero-order valence-corrected chi connectivity index (χ0v) is 18.8. The lowest BCUT2D eigenvalue weighted by Crippen LogP contribution is -2.34. The fraction of sp³-hybridized carbons (Fsp3) is 0.393. The van der Waals surface area contributed by atoms with Gasteiger partial charge in [0.25, 0.3) is 0 Å². The molecular formula is C28H31FN2O. The maximum atomic E-state index is 13.1. The molecule has 0 N–H and O–H groups in total. The molecule has 1 unspecified atom stereocenters. The smallest absolute Gasteiger partial charge is 0.123 e. The summed E-state index contributed by atoms with van der Waals surface area (Å²) in [7, 11) is 1.79. The Morgan fingerprint density at radius 3 is 2.53 bits per heavy atom. The molecule has 1 fully saturated rings. The number of pyridine rings is 1. The van der Waals surface area contributed by atoms with Crippen LogP contribution in [0.3, 0.4) is 0 Å². The van der Waals surface area contributed by atoms with Gasteiger partial charge in [0.1, 0.15) is 11.6 Å². The Kier molecular flexibility index (Phi) is 6.22. The Bertz CT molecular complexity index is 1060. The molecule has 0 bridgehead atoms. The number of piperidine rings is 1. The molecule has 0 amide bonds. The zero-order valence-electron chi connectivity index (χ0n) is 18.8. The van der Waals surface area contributed by atoms with E-state index in [-0.39, 0.29) is 5.82 Å². The van der Waals surface area contributed by atoms with Gasteiger partial charge >= 0.3 is 0 Å². The molecule has 1 aromatic heterocycles. The van der Waals surface area contributed by atoms with Gasteiger partial charge in [-0.3, -0.25) is 9.88 Å². The fourth-order valence-corrected chi connectivity index (χ4v) is 5.27. The van der Waals surface area contributed by atoms with Crippen LogP contribution in [-0.4, -0.2) is 30.1 Å². The minimum absolute atomic E-state index is 0.193. The number of hydrogen-bond acceptors (Lipinski definition) is 3. The SMILES string of the molecule is COc1cc2c(cc1CN1CCCC(c3ccc(Cc4ccc(F)cc4)cn3)C1)CCC2. The van der Waals surface area contributed by atoms with E-state index in [0.29, 0.717) is 5.92 Å². The summed E-state index contributed by atoms with van der Waals surface area (Å²) in [6, 6.07) is 15.7. The van der Waals surface area contributed by atoms with E-state index in [1.807, 2.05) is 18.3 Å². The highest BCUT2D eigenvalue weighted by Crippen LogP contribution is 2.33. The lowest BCUT2D eigenvalue weighted by Gasteiger charge is -2.33. The molecule has 0 saturated carbocycles. The predicted molar refractivity (Wildman–Crippen MR) is 126 cm³/mol. The van der Waals surface area contributed by atoms with Crippen molar-refractivity contribution in [1.82, 2.24) is 9.88 Å². The standard InChI is InChI=1S/C28H31FN2O/c1-32-28-16-23-5-2-4-22(23)15-25(28)19-31-13-3-6-24(18-31)27-12-9-21(17-30-27)14-20-7-10-26(29)11-8-20/h7-12,15-17,24H,2-6,13-14,18-19H2,1H3. The summed E-state index contributed by atoms with van der Waals surface area (Å²) in [6.45, 7) is 3.10. The van der Waals surface area contributed by atoms with Crippen LogP contribution in [0.5, 0.6) is 5.75 Å². The third-order valence-corrected chi connectivity index (χ3v) is 6.98. The molecule has 1 saturated heterocycles. The fourth-order valence-electron chi connectivity index (χ4n) is 5.27. The molecule has 3 nitrogen and oxygen atoms in total. The maximum Gasteiger partial charge on any atom is 0.123 e. The van der Waals surface area contributed by atoms with E-state index in [9.17, 15) is 4.39 Å². The van der Waals surface area contributed by atoms with Gasteiger partial charge < -0.3 is 4.74 Å². The monoisotopic (exact) mass is 430 g/mol. The maximum absolute atomic E-state index is 13.1. The van der Waals surface area contributed by atoms with E-state index < -0.39 is 0 Å². The van der Waals surface area contributed by atoms with Crippen LogP contribution in [0.1, 0.15) is 58.7 Å². The largest absolute Gasteiger partial charge is 0.496 e. The lowest BCUT2D eigenvalue weighted by atomic mass is 9.93. The number of fused-ring (bicyclic) bond motifs is 1. The highest BCUT2D eigenvalue weighted by molar-refractivity contribution is 5.45. The summed E-state index contributed by atoms with van der Waals surface area (Å²) >= 11 is 0. The second-order valence-electron chi connectivity index (χ2n) is 9.26. The molecule has 1 aliphatic carbocycles. The first kappa shape index (κ1) is 21.1. The van der Waals surface area contributed by atoms with Gasteiger partial charge in [0.15, 0.2) is 0 Å². The Hall–Kier alpha value is -2.72. The van der Waals surface area contributed by atoms with Crippen molar-refractivity contribution < 1.29 is 9.13 Å². The molecule has 5 rings (SSSR count). The van der Waals surface area contributed by atoms with E-state index in [2.05, 4.69) is 29.2 Å². The van der Waals surface area contributed by atoms with E-state index in [1.165, 1.54) is 66.6 Å². The van der Waals surface area contributed by atoms with Crippen LogP contribution in [0, 0.1) is 5.82 Å². The number of likely N-dealkylation sites (tertiary alicyclic amines) is 1. The summed E-state index contributed by atoms with van der Waals surface area (Å²) in [5.41, 5.74) is 7.73. The van der Waals surface area contributed by atoms with Crippen LogP contribution >= 0.6 is 0 Å². The van der Waals surface area contributed by atoms with Crippen LogP contribution in [0.2, 0.25) is 0 Å². The van der Waals surface area contributed by atoms with Crippen molar-refractivity contribution in [3.05, 3.63) is 94.1 Å². The predicted octanol–water partition coefficient (Wildman–Crippen LogP) is 5.69. The molecule has 0 spiro atoms. The Morgan fingerprint density at radius 1 is 1.00 bits per heavy atom. The quantitative estimate of drug-likeness (QED) is 0.502. The second kappa shape index (κ2) is 9.41. The summed E-state index contributed by atoms with van der Waals surface area (Å²) in [5.74, 6) is 1.31. The number of methoxy groups -OCH3 is 1. The van der Waals surface area contributed by atoms with E-state index in [1.54, 1.807) is 7.11 Å². The van der Waals surface area contributed by atoms with E-state index >= 15 is 0 Å². The van der Waals surface area contributed by atoms with Crippen molar-refractivity contribution in [3.63, 3.8) is 0 Å². The molecule has 2 aliphatic rings. The third kappa shape index (κ3) is 4.71. The van der Waals surface area contributed by atoms with Crippen LogP contribution in [0.25, 0.3) is 0 Å². The van der Waals surface area contributed by atoms with Crippen molar-refractivity contribution in [3.8, 4) is 5.75 Å². The van der Waals surface area contributed by atoms with Gasteiger partial charge in [-0.05, 0) is 91.6 Å². The van der Waals surface area contributed by atoms with Crippen molar-refractivity contribution >= 4 is 0 Å². The summed E-state index contributed by atoms with van der Waals surface area (Å²) in [6.07, 6.45) is 8.78. The minimum Gasteiger partial charge on any atom is -0.496 e. The van der Waals surface area contributed by atoms with Gasteiger partial charge in [0.05, 0.1) is 7.11 Å². The van der Waals surface area contributed by atoms with Crippen molar-refractivity contribution in [1.29, 1.82) is 0 Å². The average molecular weight is 431 g/mol. The first-order chi connectivity index (χ1) is 15.7. The van der Waals surface area contributed by atoms with Crippen LogP contribution in [0.4, 0.5) is 4.39 Å². The van der Waals surface area contributed by atoms with Gasteiger partial charge in [-0.15, -0.1) is 0 Å². The summed E-state index contributed by atoms with van der Waals surface area (Å²) < 4.78 is 18.9. The first-order valence-corrected chi connectivity index (χ1v) is 11.8. The van der Waals surface area contributed by atoms with Gasteiger partial charge in [0, 0.05) is 36.5 Å². The van der Waals surface area contributed by atoms with Gasteiger partial charge in [-0.2, -0.15) is 0 Å². The normalized spacial score (nSPS) is 18.5. The van der Waals surface area contributed by atoms with Gasteiger partial charge in [0.2, 0.25) is 0 Å². The molecule has 2 heterocycles. The van der Waals surface area contributed by atoms with Gasteiger partial charge in [-0.25, -0.2) is 4.39 Å². The van der Waals surface area contributed by atoms with E-state index in [4.69, 9.17) is 9.72 Å². The molecule has 3 aromatic rings. The molecule has 166 valence electrons. The Morgan fingerprint density at radius 2 is 1.78 bits per heavy atom. The zero-order chi connectivity index (χ0) is 21.9. The van der Waals surface area contributed by atoms with Crippen molar-refractivity contribution in [2.75, 3.05) is 20.2 Å². The highest BCUT2D eigenvalue weighted by Gasteiger charge is 2.24. The van der Waals surface area contributed by atoms with Crippen molar-refractivity contribution in [2.24, 2.45) is 0 Å². The molecule has 2 aromatic carbocycles. The number of benzene rings is 2. The molecule has 0 radical (unpaired) electrons. The second-order valence-corrected chi connectivity index (χ2v) is 9.26. The lowest BCUT2D eigenvalue weighted by molar-refractivity contribution is 0.196. The molecule has 1 aliphatic heterocycles. The number of aromatic nitrogens is 1. The van der Waals surface area contributed by atoms with Gasteiger partial charge in [-0.1, -0.05) is 24.3 Å². The number of halogens is 1. The molecule has 1 atom stereocenters. The number of nitrogens with zero attached hydrogens (tertiary/aromatic N) is 2. The third-order valence-electron chi connectivity index (χ3n) is 6.98. The van der Waals surface area contributed by atoms with Crippen LogP contribution in [0.15, 0.2) is 54.7 Å². The number of hydrogen-bond donors (Lipinski definition) is 0. The number of aryl methyl sites for hydroxylation is 2. The van der Waals surface area contributed by atoms with Crippen LogP contribution < -0.4 is 4.74 Å². The molecule has 4 heteroatoms. The average Bonchev–Trinajstić information content (AvgIpc) is 3.28.